The largest absolute Gasteiger partial charge is 0.457 e. The second-order valence-corrected chi connectivity index (χ2v) is 11.9. The van der Waals surface area contributed by atoms with E-state index in [9.17, 15) is 0 Å². The van der Waals surface area contributed by atoms with Gasteiger partial charge < -0.3 is 10.5 Å². The summed E-state index contributed by atoms with van der Waals surface area (Å²) in [5.74, 6) is 2.31. The summed E-state index contributed by atoms with van der Waals surface area (Å²) in [7, 11) is 0. The van der Waals surface area contributed by atoms with Gasteiger partial charge in [-0.1, -0.05) is 127 Å². The van der Waals surface area contributed by atoms with E-state index in [-0.39, 0.29) is 0 Å². The molecule has 0 amide bonds. The topological polar surface area (TPSA) is 61.0 Å². The molecule has 2 N–H and O–H groups in total. The van der Waals surface area contributed by atoms with E-state index in [1.165, 1.54) is 11.1 Å². The lowest BCUT2D eigenvalue weighted by Crippen LogP contribution is -2.34. The monoisotopic (exact) mass is 619 g/mol. The minimum atomic E-state index is -0.625. The normalized spacial score (nSPS) is 13.6. The van der Waals surface area contributed by atoms with Gasteiger partial charge in [0.15, 0.2) is 5.82 Å². The number of nitrogens with two attached hydrogens (primary N) is 1. The van der Waals surface area contributed by atoms with Gasteiger partial charge in [-0.15, -0.1) is 0 Å². The fourth-order valence-electron chi connectivity index (χ4n) is 6.91. The molecule has 0 saturated carbocycles. The first-order valence-corrected chi connectivity index (χ1v) is 16.2. The lowest BCUT2D eigenvalue weighted by molar-refractivity contribution is 0.434. The Morgan fingerprint density at radius 3 is 2.08 bits per heavy atom. The lowest BCUT2D eigenvalue weighted by Gasteiger charge is -2.41. The number of aromatic nitrogens is 2. The summed E-state index contributed by atoms with van der Waals surface area (Å²) in [4.78, 5) is 10.3. The molecule has 0 fully saturated rings. The predicted octanol–water partition coefficient (Wildman–Crippen LogP) is 10.3. The van der Waals surface area contributed by atoms with Crippen molar-refractivity contribution in [1.82, 2.24) is 9.97 Å². The van der Waals surface area contributed by atoms with Crippen molar-refractivity contribution >= 4 is 16.6 Å². The number of ether oxygens (including phenoxy) is 1. The van der Waals surface area contributed by atoms with Crippen LogP contribution in [0.15, 0.2) is 170 Å². The van der Waals surface area contributed by atoms with Crippen molar-refractivity contribution in [3.05, 3.63) is 198 Å². The molecule has 2 heterocycles. The van der Waals surface area contributed by atoms with Gasteiger partial charge in [-0.3, -0.25) is 0 Å². The van der Waals surface area contributed by atoms with Crippen LogP contribution in [0.1, 0.15) is 34.7 Å². The van der Waals surface area contributed by atoms with Crippen LogP contribution in [-0.4, -0.2) is 9.97 Å². The first kappa shape index (κ1) is 29.2. The third kappa shape index (κ3) is 4.86. The average molecular weight is 620 g/mol. The van der Waals surface area contributed by atoms with E-state index < -0.39 is 5.41 Å². The maximum atomic E-state index is 6.66. The highest BCUT2D eigenvalue weighted by atomic mass is 16.5. The molecule has 0 radical (unpaired) electrons. The zero-order valence-electron chi connectivity index (χ0n) is 26.5. The van der Waals surface area contributed by atoms with Crippen LogP contribution in [-0.2, 0) is 5.41 Å². The number of hydrogen-bond acceptors (Lipinski definition) is 4. The maximum absolute atomic E-state index is 6.66. The number of rotatable bonds is 6. The molecule has 0 aliphatic carbocycles. The Balaban J connectivity index is 1.38. The highest BCUT2D eigenvalue weighted by Crippen LogP contribution is 2.55. The Bertz CT molecular complexity index is 2300. The van der Waals surface area contributed by atoms with Crippen LogP contribution >= 0.6 is 0 Å². The Hall–Kier alpha value is -6.26. The minimum absolute atomic E-state index is 0.625. The molecular weight excluding hydrogens is 587 g/mol. The van der Waals surface area contributed by atoms with Crippen molar-refractivity contribution in [3.8, 4) is 34.1 Å². The summed E-state index contributed by atoms with van der Waals surface area (Å²) in [5.41, 5.74) is 15.5. The third-order valence-corrected chi connectivity index (χ3v) is 9.11. The van der Waals surface area contributed by atoms with Gasteiger partial charge in [0.05, 0.1) is 16.6 Å². The molecule has 4 heteroatoms. The molecule has 8 rings (SSSR count). The maximum Gasteiger partial charge on any atom is 0.160 e. The van der Waals surface area contributed by atoms with E-state index in [4.69, 9.17) is 20.4 Å². The highest BCUT2D eigenvalue weighted by molar-refractivity contribution is 5.94. The number of allylic oxidation sites excluding steroid dienone is 3. The van der Waals surface area contributed by atoms with E-state index in [0.29, 0.717) is 11.5 Å². The molecular formula is C44H33N3O. The molecule has 6 aromatic carbocycles. The van der Waals surface area contributed by atoms with Crippen molar-refractivity contribution in [3.63, 3.8) is 0 Å². The van der Waals surface area contributed by atoms with Crippen LogP contribution in [0.5, 0.6) is 11.5 Å². The standard InChI is InChI=1S/C44H33N3O/c1-2-3-23-38(45)30-15-14-16-32(28-30)43-46-39-24-12-10-21-35(39)42(47-43)31-26-27-41-37(29-31)44(33-17-6-4-7-18-33,34-19-8-5-9-20-34)36-22-11-13-25-40(36)48-41/h2-29H,45H2,1H3/b3-2-,38-23-. The van der Waals surface area contributed by atoms with Gasteiger partial charge in [0.1, 0.15) is 11.5 Å². The number of benzene rings is 6. The van der Waals surface area contributed by atoms with Crippen molar-refractivity contribution < 1.29 is 4.74 Å². The predicted molar refractivity (Wildman–Crippen MR) is 196 cm³/mol. The molecule has 4 nitrogen and oxygen atoms in total. The van der Waals surface area contributed by atoms with Crippen LogP contribution in [0.25, 0.3) is 39.2 Å². The van der Waals surface area contributed by atoms with Gasteiger partial charge in [0.25, 0.3) is 0 Å². The molecule has 230 valence electrons. The Kier molecular flexibility index (Phi) is 7.39. The third-order valence-electron chi connectivity index (χ3n) is 9.11. The van der Waals surface area contributed by atoms with E-state index in [2.05, 4.69) is 109 Å². The second-order valence-electron chi connectivity index (χ2n) is 11.9. The number of para-hydroxylation sites is 2. The SMILES string of the molecule is C/C=C\C=C(/N)c1cccc(-c2nc(-c3ccc4c(c3)C(c3ccccc3)(c3ccccc3)c3ccccc3O4)c3ccccc3n2)c1. The molecule has 0 spiro atoms. The first-order chi connectivity index (χ1) is 23.7. The van der Waals surface area contributed by atoms with Crippen molar-refractivity contribution in [2.24, 2.45) is 5.73 Å². The Morgan fingerprint density at radius 2 is 1.31 bits per heavy atom. The summed E-state index contributed by atoms with van der Waals surface area (Å²) < 4.78 is 6.66. The molecule has 7 aromatic rings. The summed E-state index contributed by atoms with van der Waals surface area (Å²) in [6.45, 7) is 1.97. The smallest absolute Gasteiger partial charge is 0.160 e. The Morgan fingerprint density at radius 1 is 0.625 bits per heavy atom. The molecule has 48 heavy (non-hydrogen) atoms. The fraction of sp³-hybridized carbons (Fsp3) is 0.0455. The highest BCUT2D eigenvalue weighted by Gasteiger charge is 2.45. The summed E-state index contributed by atoms with van der Waals surface area (Å²) >= 11 is 0. The second kappa shape index (κ2) is 12.2. The average Bonchev–Trinajstić information content (AvgIpc) is 3.16. The molecule has 0 atom stereocenters. The van der Waals surface area contributed by atoms with E-state index in [1.54, 1.807) is 0 Å². The summed E-state index contributed by atoms with van der Waals surface area (Å²) in [5, 5.41) is 0.979. The van der Waals surface area contributed by atoms with Crippen LogP contribution in [0, 0.1) is 0 Å². The van der Waals surface area contributed by atoms with Gasteiger partial charge in [-0.25, -0.2) is 9.97 Å². The van der Waals surface area contributed by atoms with Gasteiger partial charge in [0.2, 0.25) is 0 Å². The van der Waals surface area contributed by atoms with Crippen LogP contribution in [0.3, 0.4) is 0 Å². The number of hydrogen-bond donors (Lipinski definition) is 1. The fourth-order valence-corrected chi connectivity index (χ4v) is 6.91. The molecule has 1 aromatic heterocycles. The van der Waals surface area contributed by atoms with Gasteiger partial charge in [0, 0.05) is 33.3 Å². The van der Waals surface area contributed by atoms with E-state index >= 15 is 0 Å². The quantitative estimate of drug-likeness (QED) is 0.188. The summed E-state index contributed by atoms with van der Waals surface area (Å²) in [6.07, 6.45) is 5.81. The minimum Gasteiger partial charge on any atom is -0.457 e. The van der Waals surface area contributed by atoms with Gasteiger partial charge in [-0.2, -0.15) is 0 Å². The molecule has 0 unspecified atom stereocenters. The number of fused-ring (bicyclic) bond motifs is 3. The van der Waals surface area contributed by atoms with Crippen molar-refractivity contribution in [2.45, 2.75) is 12.3 Å². The Labute approximate surface area is 280 Å². The first-order valence-electron chi connectivity index (χ1n) is 16.2. The van der Waals surface area contributed by atoms with E-state index in [1.807, 2.05) is 67.6 Å². The van der Waals surface area contributed by atoms with Crippen molar-refractivity contribution in [1.29, 1.82) is 0 Å². The molecule has 0 saturated heterocycles. The summed E-state index contributed by atoms with van der Waals surface area (Å²) in [6, 6.07) is 52.6. The van der Waals surface area contributed by atoms with Crippen molar-refractivity contribution in [2.75, 3.05) is 0 Å². The van der Waals surface area contributed by atoms with E-state index in [0.717, 1.165) is 55.9 Å². The number of nitrogens with zero attached hydrogens (tertiary/aromatic N) is 2. The molecule has 1 aliphatic heterocycles. The van der Waals surface area contributed by atoms with Crippen LogP contribution in [0.2, 0.25) is 0 Å². The molecule has 1 aliphatic rings. The lowest BCUT2D eigenvalue weighted by atomic mass is 9.63. The zero-order valence-corrected chi connectivity index (χ0v) is 26.5. The van der Waals surface area contributed by atoms with Gasteiger partial charge in [-0.05, 0) is 66.1 Å². The van der Waals surface area contributed by atoms with Gasteiger partial charge >= 0.3 is 0 Å². The van der Waals surface area contributed by atoms with Crippen LogP contribution < -0.4 is 10.5 Å². The zero-order chi connectivity index (χ0) is 32.5. The molecule has 0 bridgehead atoms. The van der Waals surface area contributed by atoms with Crippen LogP contribution in [0.4, 0.5) is 0 Å².